The van der Waals surface area contributed by atoms with Crippen molar-refractivity contribution in [1.29, 1.82) is 0 Å². The quantitative estimate of drug-likeness (QED) is 0.620. The standard InChI is InChI=1S/C18H16ClNO4S/c1-14(21)15-7-6-8-16(13-15)25(22,23)20-11-4-5-12-24-18-10-3-2-9-17(18)19/h2-3,6-10,13,20H,11-12H2,1H3. The summed E-state index contributed by atoms with van der Waals surface area (Å²) in [6.07, 6.45) is 0. The fourth-order valence-corrected chi connectivity index (χ4v) is 3.04. The van der Waals surface area contributed by atoms with Crippen LogP contribution in [0.5, 0.6) is 5.75 Å². The topological polar surface area (TPSA) is 72.5 Å². The van der Waals surface area contributed by atoms with E-state index in [1.165, 1.54) is 25.1 Å². The second-order valence-electron chi connectivity index (χ2n) is 4.98. The number of carbonyl (C=O) groups excluding carboxylic acids is 1. The molecule has 0 amide bonds. The van der Waals surface area contributed by atoms with Gasteiger partial charge < -0.3 is 4.74 Å². The van der Waals surface area contributed by atoms with Gasteiger partial charge in [-0.05, 0) is 31.2 Å². The molecule has 0 aliphatic heterocycles. The van der Waals surface area contributed by atoms with E-state index in [0.717, 1.165) is 0 Å². The van der Waals surface area contributed by atoms with Gasteiger partial charge in [-0.15, -0.1) is 0 Å². The molecule has 2 rings (SSSR count). The summed E-state index contributed by atoms with van der Waals surface area (Å²) in [5.41, 5.74) is 0.335. The second kappa shape index (κ2) is 8.67. The van der Waals surface area contributed by atoms with Crippen LogP contribution in [-0.4, -0.2) is 27.4 Å². The molecule has 130 valence electrons. The van der Waals surface area contributed by atoms with Crippen LogP contribution in [0.3, 0.4) is 0 Å². The number of para-hydroxylation sites is 1. The largest absolute Gasteiger partial charge is 0.479 e. The van der Waals surface area contributed by atoms with E-state index < -0.39 is 10.0 Å². The van der Waals surface area contributed by atoms with Gasteiger partial charge in [0.1, 0.15) is 12.4 Å². The van der Waals surface area contributed by atoms with Crippen molar-refractivity contribution < 1.29 is 17.9 Å². The first-order valence-electron chi connectivity index (χ1n) is 7.34. The Balaban J connectivity index is 1.90. The van der Waals surface area contributed by atoms with Crippen molar-refractivity contribution in [2.75, 3.05) is 13.2 Å². The first kappa shape index (κ1) is 19.0. The number of sulfonamides is 1. The van der Waals surface area contributed by atoms with E-state index >= 15 is 0 Å². The van der Waals surface area contributed by atoms with Gasteiger partial charge in [0, 0.05) is 5.56 Å². The van der Waals surface area contributed by atoms with Gasteiger partial charge in [0.05, 0.1) is 16.5 Å². The van der Waals surface area contributed by atoms with Crippen LogP contribution in [0.1, 0.15) is 17.3 Å². The molecule has 25 heavy (non-hydrogen) atoms. The first-order valence-corrected chi connectivity index (χ1v) is 9.20. The molecule has 0 fully saturated rings. The Morgan fingerprint density at radius 3 is 2.64 bits per heavy atom. The predicted octanol–water partition coefficient (Wildman–Crippen LogP) is 2.90. The van der Waals surface area contributed by atoms with Crippen LogP contribution < -0.4 is 9.46 Å². The average Bonchev–Trinajstić information content (AvgIpc) is 2.59. The fraction of sp³-hybridized carbons (Fsp3) is 0.167. The summed E-state index contributed by atoms with van der Waals surface area (Å²) in [5.74, 6) is 5.68. The van der Waals surface area contributed by atoms with Gasteiger partial charge in [0.2, 0.25) is 10.0 Å². The molecule has 2 aromatic rings. The molecule has 5 nitrogen and oxygen atoms in total. The average molecular weight is 378 g/mol. The molecule has 0 saturated heterocycles. The molecule has 0 radical (unpaired) electrons. The van der Waals surface area contributed by atoms with Crippen LogP contribution in [0.2, 0.25) is 5.02 Å². The van der Waals surface area contributed by atoms with E-state index in [1.807, 2.05) is 0 Å². The number of carbonyl (C=O) groups is 1. The molecule has 0 aromatic heterocycles. The van der Waals surface area contributed by atoms with Crippen LogP contribution in [0.15, 0.2) is 53.4 Å². The molecule has 0 aliphatic rings. The van der Waals surface area contributed by atoms with E-state index in [9.17, 15) is 13.2 Å². The minimum Gasteiger partial charge on any atom is -0.479 e. The molecule has 0 aliphatic carbocycles. The Morgan fingerprint density at radius 1 is 1.16 bits per heavy atom. The van der Waals surface area contributed by atoms with Crippen molar-refractivity contribution in [2.45, 2.75) is 11.8 Å². The third-order valence-electron chi connectivity index (χ3n) is 3.16. The monoisotopic (exact) mass is 377 g/mol. The highest BCUT2D eigenvalue weighted by Gasteiger charge is 2.14. The summed E-state index contributed by atoms with van der Waals surface area (Å²) in [5, 5.41) is 0.482. The molecule has 0 atom stereocenters. The molecule has 1 N–H and O–H groups in total. The van der Waals surface area contributed by atoms with Gasteiger partial charge in [0.15, 0.2) is 5.78 Å². The number of rotatable bonds is 6. The number of hydrogen-bond donors (Lipinski definition) is 1. The Bertz CT molecular complexity index is 929. The van der Waals surface area contributed by atoms with Crippen LogP contribution >= 0.6 is 11.6 Å². The minimum absolute atomic E-state index is 0.0225. The van der Waals surface area contributed by atoms with Crippen molar-refractivity contribution in [3.63, 3.8) is 0 Å². The third-order valence-corrected chi connectivity index (χ3v) is 4.87. The van der Waals surface area contributed by atoms with Gasteiger partial charge >= 0.3 is 0 Å². The SMILES string of the molecule is CC(=O)c1cccc(S(=O)(=O)NCC#CCOc2ccccc2Cl)c1. The summed E-state index contributed by atoms with van der Waals surface area (Å²) in [6.45, 7) is 1.40. The van der Waals surface area contributed by atoms with Crippen LogP contribution in [0.4, 0.5) is 0 Å². The van der Waals surface area contributed by atoms with Crippen LogP contribution in [0.25, 0.3) is 0 Å². The van der Waals surface area contributed by atoms with E-state index in [4.69, 9.17) is 16.3 Å². The van der Waals surface area contributed by atoms with Gasteiger partial charge in [-0.1, -0.05) is 47.7 Å². The normalized spacial score (nSPS) is 10.6. The molecule has 0 bridgehead atoms. The molecule has 7 heteroatoms. The number of halogens is 1. The summed E-state index contributed by atoms with van der Waals surface area (Å²) in [7, 11) is -3.73. The highest BCUT2D eigenvalue weighted by Crippen LogP contribution is 2.22. The highest BCUT2D eigenvalue weighted by molar-refractivity contribution is 7.89. The lowest BCUT2D eigenvalue weighted by molar-refractivity contribution is 0.101. The number of nitrogens with one attached hydrogen (secondary N) is 1. The summed E-state index contributed by atoms with van der Waals surface area (Å²) in [4.78, 5) is 11.4. The highest BCUT2D eigenvalue weighted by atomic mass is 35.5. The summed E-state index contributed by atoms with van der Waals surface area (Å²) in [6, 6.07) is 12.8. The molecule has 0 heterocycles. The number of ketones is 1. The smallest absolute Gasteiger partial charge is 0.241 e. The summed E-state index contributed by atoms with van der Waals surface area (Å²) >= 11 is 5.94. The van der Waals surface area contributed by atoms with Gasteiger partial charge in [-0.3, -0.25) is 4.79 Å². The molecule has 0 spiro atoms. The van der Waals surface area contributed by atoms with Gasteiger partial charge in [-0.2, -0.15) is 4.72 Å². The maximum atomic E-state index is 12.2. The lowest BCUT2D eigenvalue weighted by Gasteiger charge is -2.05. The molecule has 0 saturated carbocycles. The lowest BCUT2D eigenvalue weighted by atomic mass is 10.2. The number of ether oxygens (including phenoxy) is 1. The van der Waals surface area contributed by atoms with E-state index in [2.05, 4.69) is 16.6 Å². The van der Waals surface area contributed by atoms with Crippen molar-refractivity contribution in [1.82, 2.24) is 4.72 Å². The lowest BCUT2D eigenvalue weighted by Crippen LogP contribution is -2.24. The van der Waals surface area contributed by atoms with Gasteiger partial charge in [-0.25, -0.2) is 8.42 Å². The summed E-state index contributed by atoms with van der Waals surface area (Å²) < 4.78 is 32.1. The van der Waals surface area contributed by atoms with Crippen molar-refractivity contribution in [3.8, 4) is 17.6 Å². The molecule has 2 aromatic carbocycles. The Kier molecular flexibility index (Phi) is 6.59. The zero-order valence-corrected chi connectivity index (χ0v) is 15.0. The molecular weight excluding hydrogens is 362 g/mol. The van der Waals surface area contributed by atoms with Crippen molar-refractivity contribution in [3.05, 3.63) is 59.1 Å². The molecule has 0 unspecified atom stereocenters. The Morgan fingerprint density at radius 2 is 1.92 bits per heavy atom. The zero-order chi connectivity index (χ0) is 18.3. The number of hydrogen-bond acceptors (Lipinski definition) is 4. The maximum Gasteiger partial charge on any atom is 0.241 e. The van der Waals surface area contributed by atoms with Crippen molar-refractivity contribution >= 4 is 27.4 Å². The van der Waals surface area contributed by atoms with Gasteiger partial charge in [0.25, 0.3) is 0 Å². The van der Waals surface area contributed by atoms with Crippen molar-refractivity contribution in [2.24, 2.45) is 0 Å². The zero-order valence-electron chi connectivity index (χ0n) is 13.5. The second-order valence-corrected chi connectivity index (χ2v) is 7.16. The van der Waals surface area contributed by atoms with E-state index in [0.29, 0.717) is 16.3 Å². The number of benzene rings is 2. The van der Waals surface area contributed by atoms with Crippen LogP contribution in [0, 0.1) is 11.8 Å². The minimum atomic E-state index is -3.73. The van der Waals surface area contributed by atoms with E-state index in [1.54, 1.807) is 30.3 Å². The Hall–Kier alpha value is -2.33. The Labute approximate surface area is 152 Å². The van der Waals surface area contributed by atoms with E-state index in [-0.39, 0.29) is 23.8 Å². The molecular formula is C18H16ClNO4S. The first-order chi connectivity index (χ1) is 11.9. The fourth-order valence-electron chi connectivity index (χ4n) is 1.89. The third kappa shape index (κ3) is 5.61. The van der Waals surface area contributed by atoms with Crippen LogP contribution in [-0.2, 0) is 10.0 Å². The maximum absolute atomic E-state index is 12.2. The predicted molar refractivity (Wildman–Crippen MR) is 96.4 cm³/mol. The number of Topliss-reactive ketones (excluding diaryl/α,β-unsaturated/α-hetero) is 1.